The molecule has 0 saturated heterocycles. The first-order valence-corrected chi connectivity index (χ1v) is 12.3. The first kappa shape index (κ1) is 26.6. The number of hydrogen-bond acceptors (Lipinski definition) is 9. The number of nitrogens with zero attached hydrogens (tertiary/aromatic N) is 5. The molecule has 9 nitrogen and oxygen atoms in total. The fourth-order valence-corrected chi connectivity index (χ4v) is 4.06. The quantitative estimate of drug-likeness (QED) is 0.197. The molecule has 0 radical (unpaired) electrons. The normalized spacial score (nSPS) is 12.2. The maximum absolute atomic E-state index is 12.9. The van der Waals surface area contributed by atoms with E-state index in [0.717, 1.165) is 34.5 Å². The summed E-state index contributed by atoms with van der Waals surface area (Å²) in [5.74, 6) is 1.78. The summed E-state index contributed by atoms with van der Waals surface area (Å²) in [4.78, 5) is 21.7. The van der Waals surface area contributed by atoms with Gasteiger partial charge >= 0.3 is 6.18 Å². The van der Waals surface area contributed by atoms with E-state index in [9.17, 15) is 13.2 Å². The molecular weight excluding hydrogens is 521 g/mol. The lowest BCUT2D eigenvalue weighted by Gasteiger charge is -2.18. The molecule has 1 unspecified atom stereocenters. The third-order valence-corrected chi connectivity index (χ3v) is 6.15. The molecule has 0 aliphatic rings. The second-order valence-corrected chi connectivity index (χ2v) is 8.91. The van der Waals surface area contributed by atoms with Crippen molar-refractivity contribution in [3.8, 4) is 17.0 Å². The second-order valence-electron chi connectivity index (χ2n) is 8.91. The fraction of sp³-hybridized carbons (Fsp3) is 0.179. The molecule has 0 spiro atoms. The highest BCUT2D eigenvalue weighted by Gasteiger charge is 2.38. The number of ether oxygens (including phenoxy) is 1. The van der Waals surface area contributed by atoms with Gasteiger partial charge in [-0.15, -0.1) is 0 Å². The van der Waals surface area contributed by atoms with Crippen LogP contribution in [0.15, 0.2) is 73.6 Å². The highest BCUT2D eigenvalue weighted by atomic mass is 19.4. The number of nitrogens with one attached hydrogen (secondary N) is 3. The van der Waals surface area contributed by atoms with E-state index in [4.69, 9.17) is 4.74 Å². The van der Waals surface area contributed by atoms with Crippen LogP contribution >= 0.6 is 0 Å². The van der Waals surface area contributed by atoms with Gasteiger partial charge in [0.1, 0.15) is 29.5 Å². The van der Waals surface area contributed by atoms with Crippen molar-refractivity contribution in [2.24, 2.45) is 0 Å². The zero-order chi connectivity index (χ0) is 28.3. The summed E-state index contributed by atoms with van der Waals surface area (Å²) in [7, 11) is 1.79. The number of rotatable bonds is 8. The fourth-order valence-electron chi connectivity index (χ4n) is 4.06. The Morgan fingerprint density at radius 2 is 1.70 bits per heavy atom. The molecule has 0 saturated carbocycles. The van der Waals surface area contributed by atoms with Crippen LogP contribution in [0.1, 0.15) is 12.5 Å². The summed E-state index contributed by atoms with van der Waals surface area (Å²) in [5, 5.41) is 11.3. The number of halogens is 3. The number of aromatic nitrogens is 5. The lowest BCUT2D eigenvalue weighted by atomic mass is 10.0. The van der Waals surface area contributed by atoms with Crippen LogP contribution < -0.4 is 20.7 Å². The van der Waals surface area contributed by atoms with Crippen LogP contribution in [-0.4, -0.2) is 44.2 Å². The number of fused-ring (bicyclic) bond motifs is 1. The van der Waals surface area contributed by atoms with Crippen LogP contribution in [0.5, 0.6) is 5.75 Å². The molecule has 204 valence electrons. The number of benzene rings is 1. The van der Waals surface area contributed by atoms with Gasteiger partial charge in [-0.3, -0.25) is 4.98 Å². The van der Waals surface area contributed by atoms with Crippen molar-refractivity contribution in [1.82, 2.24) is 24.9 Å². The van der Waals surface area contributed by atoms with Gasteiger partial charge in [0, 0.05) is 47.9 Å². The molecule has 0 amide bonds. The first-order valence-electron chi connectivity index (χ1n) is 12.3. The summed E-state index contributed by atoms with van der Waals surface area (Å²) in [5.41, 5.74) is 3.71. The van der Waals surface area contributed by atoms with Crippen molar-refractivity contribution in [2.45, 2.75) is 26.1 Å². The van der Waals surface area contributed by atoms with Crippen molar-refractivity contribution in [3.63, 3.8) is 0 Å². The van der Waals surface area contributed by atoms with E-state index in [1.54, 1.807) is 19.4 Å². The van der Waals surface area contributed by atoms with Gasteiger partial charge < -0.3 is 20.7 Å². The van der Waals surface area contributed by atoms with Crippen molar-refractivity contribution in [2.75, 3.05) is 23.0 Å². The zero-order valence-electron chi connectivity index (χ0n) is 21.8. The van der Waals surface area contributed by atoms with E-state index in [1.807, 2.05) is 43.3 Å². The average Bonchev–Trinajstić information content (AvgIpc) is 2.94. The SMILES string of the molecule is CNc1cc(-c2cccnc2Nc2c(C)ccc3c(Nc4cncc(OC(C)C(F)(F)F)c4)nccc23)ncn1. The maximum atomic E-state index is 12.9. The van der Waals surface area contributed by atoms with Gasteiger partial charge in [0.05, 0.1) is 29.5 Å². The van der Waals surface area contributed by atoms with Crippen LogP contribution in [0, 0.1) is 6.92 Å². The Hall–Kier alpha value is -5.00. The predicted octanol–water partition coefficient (Wildman–Crippen LogP) is 6.65. The minimum atomic E-state index is -4.49. The van der Waals surface area contributed by atoms with Crippen LogP contribution in [0.3, 0.4) is 0 Å². The topological polar surface area (TPSA) is 110 Å². The Labute approximate surface area is 227 Å². The Bertz CT molecular complexity index is 1660. The first-order chi connectivity index (χ1) is 19.2. The van der Waals surface area contributed by atoms with Crippen LogP contribution in [0.25, 0.3) is 22.0 Å². The molecule has 0 bridgehead atoms. The Morgan fingerprint density at radius 3 is 2.50 bits per heavy atom. The van der Waals surface area contributed by atoms with E-state index >= 15 is 0 Å². The molecule has 40 heavy (non-hydrogen) atoms. The third kappa shape index (κ3) is 5.70. The minimum Gasteiger partial charge on any atom is -0.480 e. The highest BCUT2D eigenvalue weighted by molar-refractivity contribution is 6.03. The molecule has 4 heterocycles. The van der Waals surface area contributed by atoms with Crippen molar-refractivity contribution in [3.05, 3.63) is 79.1 Å². The predicted molar refractivity (Wildman–Crippen MR) is 148 cm³/mol. The van der Waals surface area contributed by atoms with Gasteiger partial charge in [-0.2, -0.15) is 13.2 Å². The molecule has 5 aromatic rings. The standard InChI is InChI=1S/C28H25F3N8O/c1-16-6-7-21-20(25(16)39-27-22(5-4-9-34-27)23-12-24(32-3)37-15-36-23)8-10-35-26(21)38-18-11-19(14-33-13-18)40-17(2)28(29,30)31/h4-15,17H,1-3H3,(H,34,39)(H,35,38)(H,32,36,37). The van der Waals surface area contributed by atoms with E-state index < -0.39 is 12.3 Å². The van der Waals surface area contributed by atoms with E-state index in [0.29, 0.717) is 28.8 Å². The molecule has 0 aliphatic heterocycles. The molecule has 3 N–H and O–H groups in total. The summed E-state index contributed by atoms with van der Waals surface area (Å²) < 4.78 is 43.9. The maximum Gasteiger partial charge on any atom is 0.425 e. The lowest BCUT2D eigenvalue weighted by molar-refractivity contribution is -0.189. The molecule has 0 aliphatic carbocycles. The van der Waals surface area contributed by atoms with Gasteiger partial charge in [-0.1, -0.05) is 12.1 Å². The van der Waals surface area contributed by atoms with Gasteiger partial charge in [0.15, 0.2) is 6.10 Å². The van der Waals surface area contributed by atoms with Crippen LogP contribution in [0.2, 0.25) is 0 Å². The molecular formula is C28H25F3N8O. The number of aryl methyl sites for hydroxylation is 1. The number of pyridine rings is 3. The van der Waals surface area contributed by atoms with E-state index in [2.05, 4.69) is 40.9 Å². The number of alkyl halides is 3. The van der Waals surface area contributed by atoms with Crippen molar-refractivity contribution in [1.29, 1.82) is 0 Å². The Kier molecular flexibility index (Phi) is 7.32. The molecule has 4 aromatic heterocycles. The van der Waals surface area contributed by atoms with Gasteiger partial charge in [0.25, 0.3) is 0 Å². The Morgan fingerprint density at radius 1 is 0.875 bits per heavy atom. The molecule has 0 fully saturated rings. The molecule has 5 rings (SSSR count). The lowest BCUT2D eigenvalue weighted by Crippen LogP contribution is -2.31. The third-order valence-electron chi connectivity index (χ3n) is 6.15. The molecule has 12 heteroatoms. The minimum absolute atomic E-state index is 0.0119. The van der Waals surface area contributed by atoms with Gasteiger partial charge in [-0.05, 0) is 37.6 Å². The summed E-state index contributed by atoms with van der Waals surface area (Å²) >= 11 is 0. The van der Waals surface area contributed by atoms with Gasteiger partial charge in [-0.25, -0.2) is 19.9 Å². The van der Waals surface area contributed by atoms with Crippen LogP contribution in [-0.2, 0) is 0 Å². The monoisotopic (exact) mass is 546 g/mol. The van der Waals surface area contributed by atoms with Gasteiger partial charge in [0.2, 0.25) is 0 Å². The van der Waals surface area contributed by atoms with Crippen molar-refractivity contribution < 1.29 is 17.9 Å². The second kappa shape index (κ2) is 11.0. The summed E-state index contributed by atoms with van der Waals surface area (Å²) in [6.07, 6.45) is 1.10. The Balaban J connectivity index is 1.48. The van der Waals surface area contributed by atoms with Crippen LogP contribution in [0.4, 0.5) is 42.0 Å². The van der Waals surface area contributed by atoms with Crippen molar-refractivity contribution >= 4 is 39.6 Å². The summed E-state index contributed by atoms with van der Waals surface area (Å²) in [6, 6.07) is 12.8. The summed E-state index contributed by atoms with van der Waals surface area (Å²) in [6.45, 7) is 2.93. The zero-order valence-corrected chi connectivity index (χ0v) is 21.8. The molecule has 1 atom stereocenters. The largest absolute Gasteiger partial charge is 0.480 e. The van der Waals surface area contributed by atoms with E-state index in [-0.39, 0.29) is 5.75 Å². The average molecular weight is 547 g/mol. The number of anilines is 5. The number of hydrogen-bond donors (Lipinski definition) is 3. The van der Waals surface area contributed by atoms with E-state index in [1.165, 1.54) is 24.8 Å². The highest BCUT2D eigenvalue weighted by Crippen LogP contribution is 2.36. The molecule has 1 aromatic carbocycles. The smallest absolute Gasteiger partial charge is 0.425 e.